The number of carbonyl (C=O) groups is 1. The number of aromatic nitrogens is 1. The van der Waals surface area contributed by atoms with Gasteiger partial charge in [0.1, 0.15) is 0 Å². The predicted octanol–water partition coefficient (Wildman–Crippen LogP) is 5.08. The van der Waals surface area contributed by atoms with Gasteiger partial charge in [0.2, 0.25) is 5.91 Å². The van der Waals surface area contributed by atoms with Crippen LogP contribution >= 0.6 is 0 Å². The van der Waals surface area contributed by atoms with Crippen molar-refractivity contribution in [2.45, 2.75) is 26.3 Å². The van der Waals surface area contributed by atoms with Crippen molar-refractivity contribution < 1.29 is 4.79 Å². The highest BCUT2D eigenvalue weighted by molar-refractivity contribution is 5.99. The fourth-order valence-electron chi connectivity index (χ4n) is 3.53. The van der Waals surface area contributed by atoms with Crippen molar-refractivity contribution in [3.05, 3.63) is 107 Å². The summed E-state index contributed by atoms with van der Waals surface area (Å²) in [7, 11) is 0. The quantitative estimate of drug-likeness (QED) is 0.344. The number of benzene rings is 3. The van der Waals surface area contributed by atoms with Gasteiger partial charge in [0, 0.05) is 35.6 Å². The summed E-state index contributed by atoms with van der Waals surface area (Å²) in [6.07, 6.45) is 4.94. The smallest absolute Gasteiger partial charge is 0.240 e. The minimum atomic E-state index is -0.0847. The number of hydrazone groups is 1. The second-order valence-electron chi connectivity index (χ2n) is 7.49. The third-order valence-corrected chi connectivity index (χ3v) is 5.17. The van der Waals surface area contributed by atoms with Crippen molar-refractivity contribution in [3.8, 4) is 0 Å². The Morgan fingerprint density at radius 1 is 0.933 bits per heavy atom. The van der Waals surface area contributed by atoms with E-state index >= 15 is 0 Å². The number of fused-ring (bicyclic) bond motifs is 1. The molecule has 0 atom stereocenters. The first-order chi connectivity index (χ1) is 14.7. The number of hydrogen-bond donors (Lipinski definition) is 1. The van der Waals surface area contributed by atoms with E-state index in [0.717, 1.165) is 28.6 Å². The third kappa shape index (κ3) is 4.84. The molecule has 0 saturated heterocycles. The molecule has 0 bridgehead atoms. The molecule has 1 amide bonds. The zero-order valence-corrected chi connectivity index (χ0v) is 17.1. The molecule has 0 aliphatic heterocycles. The van der Waals surface area contributed by atoms with E-state index in [1.165, 1.54) is 11.1 Å². The van der Waals surface area contributed by atoms with Gasteiger partial charge in [-0.1, -0.05) is 78.4 Å². The van der Waals surface area contributed by atoms with Gasteiger partial charge in [-0.2, -0.15) is 5.10 Å². The van der Waals surface area contributed by atoms with Crippen LogP contribution in [0.4, 0.5) is 0 Å². The Bertz CT molecular complexity index is 1160. The lowest BCUT2D eigenvalue weighted by Crippen LogP contribution is -2.17. The lowest BCUT2D eigenvalue weighted by atomic mass is 10.1. The lowest BCUT2D eigenvalue weighted by molar-refractivity contribution is -0.121. The van der Waals surface area contributed by atoms with Gasteiger partial charge in [-0.05, 0) is 30.5 Å². The molecule has 4 rings (SSSR count). The molecule has 0 spiro atoms. The van der Waals surface area contributed by atoms with Gasteiger partial charge in [0.05, 0.1) is 6.21 Å². The van der Waals surface area contributed by atoms with Crippen LogP contribution in [0.3, 0.4) is 0 Å². The van der Waals surface area contributed by atoms with Gasteiger partial charge < -0.3 is 4.57 Å². The van der Waals surface area contributed by atoms with E-state index in [-0.39, 0.29) is 5.91 Å². The first-order valence-electron chi connectivity index (χ1n) is 10.2. The summed E-state index contributed by atoms with van der Waals surface area (Å²) in [5.74, 6) is -0.0847. The average molecular weight is 396 g/mol. The molecular formula is C26H25N3O. The highest BCUT2D eigenvalue weighted by atomic mass is 16.2. The van der Waals surface area contributed by atoms with Gasteiger partial charge >= 0.3 is 0 Å². The van der Waals surface area contributed by atoms with Crippen molar-refractivity contribution in [2.75, 3.05) is 0 Å². The highest BCUT2D eigenvalue weighted by Crippen LogP contribution is 2.21. The molecule has 0 unspecified atom stereocenters. The lowest BCUT2D eigenvalue weighted by Gasteiger charge is -2.06. The van der Waals surface area contributed by atoms with Crippen molar-refractivity contribution in [2.24, 2.45) is 5.10 Å². The number of hydrogen-bond acceptors (Lipinski definition) is 2. The molecular weight excluding hydrogens is 370 g/mol. The molecule has 0 radical (unpaired) electrons. The largest absolute Gasteiger partial charge is 0.342 e. The minimum Gasteiger partial charge on any atom is -0.342 e. The molecule has 0 aliphatic carbocycles. The summed E-state index contributed by atoms with van der Waals surface area (Å²) in [5.41, 5.74) is 8.44. The highest BCUT2D eigenvalue weighted by Gasteiger charge is 2.07. The van der Waals surface area contributed by atoms with Crippen molar-refractivity contribution in [1.29, 1.82) is 0 Å². The Kier molecular flexibility index (Phi) is 6.04. The molecule has 0 aliphatic rings. The fraction of sp³-hybridized carbons (Fsp3) is 0.154. The summed E-state index contributed by atoms with van der Waals surface area (Å²) in [6, 6.07) is 26.8. The monoisotopic (exact) mass is 395 g/mol. The van der Waals surface area contributed by atoms with E-state index in [1.807, 2.05) is 42.5 Å². The van der Waals surface area contributed by atoms with E-state index in [9.17, 15) is 4.79 Å². The molecule has 4 aromatic rings. The SMILES string of the molecule is Cc1ccc(Cn2cc(/C=N/NC(=O)CCc3ccccc3)c3ccccc32)cc1. The molecule has 0 fully saturated rings. The molecule has 4 heteroatoms. The van der Waals surface area contributed by atoms with Crippen molar-refractivity contribution >= 4 is 23.0 Å². The van der Waals surface area contributed by atoms with Gasteiger partial charge in [-0.15, -0.1) is 0 Å². The maximum Gasteiger partial charge on any atom is 0.240 e. The minimum absolute atomic E-state index is 0.0847. The summed E-state index contributed by atoms with van der Waals surface area (Å²) in [6.45, 7) is 2.88. The second kappa shape index (κ2) is 9.23. The van der Waals surface area contributed by atoms with Crippen LogP contribution < -0.4 is 5.43 Å². The summed E-state index contributed by atoms with van der Waals surface area (Å²) in [5, 5.41) is 5.32. The average Bonchev–Trinajstić information content (AvgIpc) is 3.12. The zero-order chi connectivity index (χ0) is 20.8. The van der Waals surface area contributed by atoms with Gasteiger partial charge in [-0.25, -0.2) is 5.43 Å². The summed E-state index contributed by atoms with van der Waals surface area (Å²) < 4.78 is 2.22. The third-order valence-electron chi connectivity index (χ3n) is 5.17. The number of rotatable bonds is 7. The Morgan fingerprint density at radius 3 is 2.47 bits per heavy atom. The van der Waals surface area contributed by atoms with Crippen LogP contribution in [-0.2, 0) is 17.8 Å². The summed E-state index contributed by atoms with van der Waals surface area (Å²) in [4.78, 5) is 12.1. The topological polar surface area (TPSA) is 46.4 Å². The number of para-hydroxylation sites is 1. The zero-order valence-electron chi connectivity index (χ0n) is 17.1. The number of amides is 1. The van der Waals surface area contributed by atoms with Crippen LogP contribution in [0.5, 0.6) is 0 Å². The Hall–Kier alpha value is -3.66. The van der Waals surface area contributed by atoms with Crippen LogP contribution in [0.25, 0.3) is 10.9 Å². The first kappa shape index (κ1) is 19.6. The number of nitrogens with one attached hydrogen (secondary N) is 1. The molecule has 3 aromatic carbocycles. The molecule has 1 aromatic heterocycles. The normalized spacial score (nSPS) is 11.2. The molecule has 0 saturated carbocycles. The maximum atomic E-state index is 12.1. The van der Waals surface area contributed by atoms with E-state index in [1.54, 1.807) is 6.21 Å². The number of aryl methyl sites for hydroxylation is 2. The van der Waals surface area contributed by atoms with Crippen molar-refractivity contribution in [3.63, 3.8) is 0 Å². The summed E-state index contributed by atoms with van der Waals surface area (Å²) >= 11 is 0. The van der Waals surface area contributed by atoms with E-state index in [0.29, 0.717) is 12.8 Å². The van der Waals surface area contributed by atoms with Crippen LogP contribution in [0.15, 0.2) is 90.2 Å². The second-order valence-corrected chi connectivity index (χ2v) is 7.49. The Labute approximate surface area is 176 Å². The Balaban J connectivity index is 1.44. The van der Waals surface area contributed by atoms with Crippen LogP contribution in [0.1, 0.15) is 28.7 Å². The van der Waals surface area contributed by atoms with Crippen molar-refractivity contribution in [1.82, 2.24) is 9.99 Å². The number of carbonyl (C=O) groups excluding carboxylic acids is 1. The molecule has 4 nitrogen and oxygen atoms in total. The van der Waals surface area contributed by atoms with Gasteiger partial charge in [0.15, 0.2) is 0 Å². The molecule has 30 heavy (non-hydrogen) atoms. The van der Waals surface area contributed by atoms with Gasteiger partial charge in [-0.3, -0.25) is 4.79 Å². The van der Waals surface area contributed by atoms with E-state index < -0.39 is 0 Å². The molecule has 1 heterocycles. The number of nitrogens with zero attached hydrogens (tertiary/aromatic N) is 2. The molecule has 1 N–H and O–H groups in total. The predicted molar refractivity (Wildman–Crippen MR) is 123 cm³/mol. The van der Waals surface area contributed by atoms with Crippen LogP contribution in [0.2, 0.25) is 0 Å². The first-order valence-corrected chi connectivity index (χ1v) is 10.2. The molecule has 150 valence electrons. The fourth-order valence-corrected chi connectivity index (χ4v) is 3.53. The van der Waals surface area contributed by atoms with Crippen LogP contribution in [0, 0.1) is 6.92 Å². The van der Waals surface area contributed by atoms with Crippen LogP contribution in [-0.4, -0.2) is 16.7 Å². The standard InChI is InChI=1S/C26H25N3O/c1-20-11-13-22(14-12-20)18-29-19-23(24-9-5-6-10-25(24)29)17-27-28-26(30)16-15-21-7-3-2-4-8-21/h2-14,17,19H,15-16,18H2,1H3,(H,28,30)/b27-17+. The maximum absolute atomic E-state index is 12.1. The van der Waals surface area contributed by atoms with E-state index in [2.05, 4.69) is 64.6 Å². The van der Waals surface area contributed by atoms with Gasteiger partial charge in [0.25, 0.3) is 0 Å². The van der Waals surface area contributed by atoms with E-state index in [4.69, 9.17) is 0 Å². The Morgan fingerprint density at radius 2 is 1.67 bits per heavy atom.